The molecular formula is C19H23N3S. The van der Waals surface area contributed by atoms with E-state index in [2.05, 4.69) is 73.1 Å². The van der Waals surface area contributed by atoms with Gasteiger partial charge in [0.1, 0.15) is 5.66 Å². The second kappa shape index (κ2) is 6.69. The fourth-order valence-corrected chi connectivity index (χ4v) is 3.27. The summed E-state index contributed by atoms with van der Waals surface area (Å²) in [6.07, 6.45) is 3.25. The lowest BCUT2D eigenvalue weighted by Crippen LogP contribution is -2.48. The fourth-order valence-electron chi connectivity index (χ4n) is 2.95. The van der Waals surface area contributed by atoms with Gasteiger partial charge in [-0.1, -0.05) is 61.4 Å². The lowest BCUT2D eigenvalue weighted by molar-refractivity contribution is 0.313. The minimum atomic E-state index is -0.334. The number of anilines is 1. The Kier molecular flexibility index (Phi) is 4.64. The van der Waals surface area contributed by atoms with Crippen LogP contribution in [0.5, 0.6) is 0 Å². The molecule has 3 nitrogen and oxygen atoms in total. The zero-order valence-electron chi connectivity index (χ0n) is 13.7. The monoisotopic (exact) mass is 325 g/mol. The van der Waals surface area contributed by atoms with Gasteiger partial charge in [0, 0.05) is 0 Å². The summed E-state index contributed by atoms with van der Waals surface area (Å²) in [5.41, 5.74) is 6.80. The molecule has 0 saturated carbocycles. The van der Waals surface area contributed by atoms with E-state index in [-0.39, 0.29) is 5.66 Å². The number of rotatable bonds is 5. The first-order valence-electron chi connectivity index (χ1n) is 8.17. The second-order valence-corrected chi connectivity index (χ2v) is 6.47. The Balaban J connectivity index is 1.93. The fraction of sp³-hybridized carbons (Fsp3) is 0.316. The van der Waals surface area contributed by atoms with Crippen molar-refractivity contribution < 1.29 is 0 Å². The summed E-state index contributed by atoms with van der Waals surface area (Å²) >= 11 is 5.61. The van der Waals surface area contributed by atoms with Gasteiger partial charge >= 0.3 is 0 Å². The minimum absolute atomic E-state index is 0.334. The van der Waals surface area contributed by atoms with Crippen LogP contribution in [0.3, 0.4) is 0 Å². The van der Waals surface area contributed by atoms with Crippen LogP contribution in [0.2, 0.25) is 0 Å². The van der Waals surface area contributed by atoms with Gasteiger partial charge in [0.05, 0.1) is 5.69 Å². The van der Waals surface area contributed by atoms with Gasteiger partial charge in [-0.15, -0.1) is 0 Å². The highest BCUT2D eigenvalue weighted by atomic mass is 32.1. The molecule has 2 aromatic carbocycles. The third-order valence-electron chi connectivity index (χ3n) is 4.29. The Hall–Kier alpha value is -1.91. The van der Waals surface area contributed by atoms with Gasteiger partial charge in [0.25, 0.3) is 0 Å². The molecule has 2 N–H and O–H groups in total. The number of thiocarbonyl (C=S) groups is 1. The predicted octanol–water partition coefficient (Wildman–Crippen LogP) is 4.24. The molecule has 0 aromatic heterocycles. The molecule has 3 rings (SSSR count). The first-order chi connectivity index (χ1) is 11.1. The Bertz CT molecular complexity index is 669. The van der Waals surface area contributed by atoms with E-state index >= 15 is 0 Å². The van der Waals surface area contributed by atoms with Crippen LogP contribution >= 0.6 is 12.2 Å². The van der Waals surface area contributed by atoms with Crippen LogP contribution in [0.15, 0.2) is 54.6 Å². The van der Waals surface area contributed by atoms with Gasteiger partial charge < -0.3 is 5.32 Å². The standard InChI is InChI=1S/C19H23N3S/c1-3-4-14-19(16-8-6-5-7-9-16)20-18(23)22(21-19)17-12-10-15(2)11-13-17/h5-13,21H,3-4,14H2,1-2H3,(H,20,23)/t19-/m1/s1. The first kappa shape index (κ1) is 16.0. The van der Waals surface area contributed by atoms with E-state index in [4.69, 9.17) is 12.2 Å². The average molecular weight is 325 g/mol. The molecule has 1 saturated heterocycles. The molecule has 4 heteroatoms. The molecule has 1 atom stereocenters. The van der Waals surface area contributed by atoms with E-state index in [0.717, 1.165) is 24.9 Å². The maximum absolute atomic E-state index is 5.61. The van der Waals surface area contributed by atoms with Gasteiger partial charge in [-0.05, 0) is 49.7 Å². The number of nitrogens with one attached hydrogen (secondary N) is 2. The Morgan fingerprint density at radius 2 is 1.74 bits per heavy atom. The van der Waals surface area contributed by atoms with Crippen molar-refractivity contribution in [2.24, 2.45) is 0 Å². The zero-order chi connectivity index (χ0) is 16.3. The Morgan fingerprint density at radius 1 is 1.04 bits per heavy atom. The van der Waals surface area contributed by atoms with Crippen molar-refractivity contribution in [2.45, 2.75) is 38.8 Å². The molecule has 1 aliphatic rings. The van der Waals surface area contributed by atoms with Crippen LogP contribution in [-0.2, 0) is 5.66 Å². The number of nitrogens with zero attached hydrogens (tertiary/aromatic N) is 1. The number of unbranched alkanes of at least 4 members (excludes halogenated alkanes) is 1. The van der Waals surface area contributed by atoms with Gasteiger partial charge in [0.15, 0.2) is 5.11 Å². The smallest absolute Gasteiger partial charge is 0.190 e. The normalized spacial score (nSPS) is 20.6. The van der Waals surface area contributed by atoms with Crippen molar-refractivity contribution in [2.75, 3.05) is 5.01 Å². The lowest BCUT2D eigenvalue weighted by atomic mass is 9.94. The molecule has 0 radical (unpaired) electrons. The molecule has 23 heavy (non-hydrogen) atoms. The van der Waals surface area contributed by atoms with Crippen LogP contribution in [0.4, 0.5) is 5.69 Å². The van der Waals surface area contributed by atoms with Crippen molar-refractivity contribution >= 4 is 23.0 Å². The van der Waals surface area contributed by atoms with Gasteiger partial charge in [-0.2, -0.15) is 5.43 Å². The third-order valence-corrected chi connectivity index (χ3v) is 4.57. The maximum Gasteiger partial charge on any atom is 0.190 e. The summed E-state index contributed by atoms with van der Waals surface area (Å²) in [6.45, 7) is 4.30. The molecule has 0 spiro atoms. The van der Waals surface area contributed by atoms with Crippen LogP contribution in [0, 0.1) is 6.92 Å². The molecule has 0 unspecified atom stereocenters. The number of hydrogen-bond donors (Lipinski definition) is 2. The van der Waals surface area contributed by atoms with Crippen molar-refractivity contribution in [3.05, 3.63) is 65.7 Å². The second-order valence-electron chi connectivity index (χ2n) is 6.09. The third kappa shape index (κ3) is 3.23. The van der Waals surface area contributed by atoms with E-state index in [1.807, 2.05) is 11.1 Å². The van der Waals surface area contributed by atoms with E-state index < -0.39 is 0 Å². The largest absolute Gasteiger partial charge is 0.338 e. The highest BCUT2D eigenvalue weighted by Gasteiger charge is 2.41. The molecule has 0 amide bonds. The summed E-state index contributed by atoms with van der Waals surface area (Å²) in [5, 5.41) is 6.23. The van der Waals surface area contributed by atoms with Crippen LogP contribution in [-0.4, -0.2) is 5.11 Å². The average Bonchev–Trinajstić information content (AvgIpc) is 2.92. The summed E-state index contributed by atoms with van der Waals surface area (Å²) in [5.74, 6) is 0. The Morgan fingerprint density at radius 3 is 2.39 bits per heavy atom. The first-order valence-corrected chi connectivity index (χ1v) is 8.58. The maximum atomic E-state index is 5.61. The summed E-state index contributed by atoms with van der Waals surface area (Å²) in [7, 11) is 0. The SMILES string of the molecule is CCCC[C@@]1(c2ccccc2)NC(=S)N(c2ccc(C)cc2)N1. The van der Waals surface area contributed by atoms with Crippen molar-refractivity contribution in [3.63, 3.8) is 0 Å². The minimum Gasteiger partial charge on any atom is -0.338 e. The van der Waals surface area contributed by atoms with Gasteiger partial charge in [-0.25, -0.2) is 5.01 Å². The summed E-state index contributed by atoms with van der Waals surface area (Å²) in [4.78, 5) is 0. The molecule has 1 aliphatic heterocycles. The molecule has 0 bridgehead atoms. The highest BCUT2D eigenvalue weighted by Crippen LogP contribution is 2.31. The van der Waals surface area contributed by atoms with Crippen LogP contribution in [0.25, 0.3) is 0 Å². The van der Waals surface area contributed by atoms with Crippen LogP contribution < -0.4 is 15.8 Å². The number of aryl methyl sites for hydroxylation is 1. The Labute approximate surface area is 143 Å². The molecule has 120 valence electrons. The lowest BCUT2D eigenvalue weighted by Gasteiger charge is -2.30. The molecular weight excluding hydrogens is 302 g/mol. The number of hydrogen-bond acceptors (Lipinski definition) is 2. The molecule has 2 aromatic rings. The zero-order valence-corrected chi connectivity index (χ0v) is 14.5. The number of hydrazine groups is 1. The van der Waals surface area contributed by atoms with Crippen LogP contribution in [0.1, 0.15) is 37.3 Å². The van der Waals surface area contributed by atoms with E-state index in [1.165, 1.54) is 11.1 Å². The summed E-state index contributed by atoms with van der Waals surface area (Å²) in [6, 6.07) is 18.9. The van der Waals surface area contributed by atoms with E-state index in [0.29, 0.717) is 5.11 Å². The van der Waals surface area contributed by atoms with Gasteiger partial charge in [0.2, 0.25) is 0 Å². The van der Waals surface area contributed by atoms with Gasteiger partial charge in [-0.3, -0.25) is 0 Å². The molecule has 1 fully saturated rings. The van der Waals surface area contributed by atoms with E-state index in [1.54, 1.807) is 0 Å². The van der Waals surface area contributed by atoms with Crippen molar-refractivity contribution in [1.29, 1.82) is 0 Å². The highest BCUT2D eigenvalue weighted by molar-refractivity contribution is 7.80. The summed E-state index contributed by atoms with van der Waals surface area (Å²) < 4.78 is 0. The van der Waals surface area contributed by atoms with E-state index in [9.17, 15) is 0 Å². The predicted molar refractivity (Wildman–Crippen MR) is 100 cm³/mol. The molecule has 1 heterocycles. The topological polar surface area (TPSA) is 27.3 Å². The molecule has 0 aliphatic carbocycles. The van der Waals surface area contributed by atoms with Crippen molar-refractivity contribution in [1.82, 2.24) is 10.7 Å². The van der Waals surface area contributed by atoms with Crippen molar-refractivity contribution in [3.8, 4) is 0 Å². The quantitative estimate of drug-likeness (QED) is 0.804. The number of benzene rings is 2.